The first-order chi connectivity index (χ1) is 21.9. The van der Waals surface area contributed by atoms with Crippen molar-refractivity contribution in [2.24, 2.45) is 7.05 Å². The summed E-state index contributed by atoms with van der Waals surface area (Å²) in [6, 6.07) is 2.27. The summed E-state index contributed by atoms with van der Waals surface area (Å²) < 4.78 is 121. The summed E-state index contributed by atoms with van der Waals surface area (Å²) in [7, 11) is 1.59. The van der Waals surface area contributed by atoms with Crippen LogP contribution in [0.15, 0.2) is 95.3 Å². The highest BCUT2D eigenvalue weighted by molar-refractivity contribution is 6.09. The van der Waals surface area contributed by atoms with Gasteiger partial charge in [0.25, 0.3) is 0 Å². The van der Waals surface area contributed by atoms with Crippen molar-refractivity contribution in [1.82, 2.24) is 4.98 Å². The number of benzene rings is 3. The topological polar surface area (TPSA) is 29.9 Å². The summed E-state index contributed by atoms with van der Waals surface area (Å²) in [5.41, 5.74) is 0.485. The number of rotatable bonds is 3. The van der Waals surface area contributed by atoms with Gasteiger partial charge in [0.2, 0.25) is 11.4 Å². The Hall–Kier alpha value is -4.31. The van der Waals surface area contributed by atoms with Crippen molar-refractivity contribution < 1.29 is 29.8 Å². The third kappa shape index (κ3) is 3.58. The molecule has 0 saturated carbocycles. The second-order valence-corrected chi connectivity index (χ2v) is 8.07. The zero-order valence-corrected chi connectivity index (χ0v) is 18.6. The maximum atomic E-state index is 15.0. The van der Waals surface area contributed by atoms with Gasteiger partial charge in [0.05, 0.1) is 23.6 Å². The van der Waals surface area contributed by atoms with Crippen molar-refractivity contribution in [2.45, 2.75) is 13.8 Å². The molecule has 3 aromatic heterocycles. The fourth-order valence-corrected chi connectivity index (χ4v) is 4.09. The van der Waals surface area contributed by atoms with Crippen molar-refractivity contribution in [3.05, 3.63) is 108 Å². The lowest BCUT2D eigenvalue weighted by Crippen LogP contribution is -2.31. The number of fused-ring (bicyclic) bond motifs is 3. The average molecular weight is 472 g/mol. The molecule has 3 aromatic carbocycles. The number of aromatic nitrogens is 2. The SMILES string of the molecule is [2H]c1c([2H])c([2H])c(-c2c([2H])c([2H])c(-c3ccc4c(n3)oc3c(-c5cc(F)c(C([2H])([2H])[2H])c[n+]5C)c(C)ccc34)c([2H])c2[2H])c([2H])c1[2H]. The van der Waals surface area contributed by atoms with Crippen LogP contribution in [0.5, 0.6) is 0 Å². The molecule has 6 rings (SSSR count). The first kappa shape index (κ1) is 11.9. The molecule has 0 amide bonds. The Labute approximate surface area is 220 Å². The van der Waals surface area contributed by atoms with E-state index < -0.39 is 83.7 Å². The Morgan fingerprint density at radius 2 is 1.60 bits per heavy atom. The number of hydrogen-bond acceptors (Lipinski definition) is 2. The molecular formula is C31H24FN2O+. The van der Waals surface area contributed by atoms with E-state index in [4.69, 9.17) is 20.9 Å². The molecule has 0 spiro atoms. The predicted molar refractivity (Wildman–Crippen MR) is 138 cm³/mol. The number of aryl methyl sites for hydroxylation is 3. The van der Waals surface area contributed by atoms with Crippen molar-refractivity contribution in [2.75, 3.05) is 0 Å². The second-order valence-electron chi connectivity index (χ2n) is 8.07. The molecular weight excluding hydrogens is 435 g/mol. The van der Waals surface area contributed by atoms with Crippen LogP contribution in [0, 0.1) is 19.6 Å². The minimum Gasteiger partial charge on any atom is -0.437 e. The number of pyridine rings is 2. The molecule has 3 heterocycles. The van der Waals surface area contributed by atoms with Gasteiger partial charge in [0.1, 0.15) is 12.9 Å². The Balaban J connectivity index is 1.56. The van der Waals surface area contributed by atoms with Gasteiger partial charge in [-0.05, 0) is 42.6 Å². The smallest absolute Gasteiger partial charge is 0.227 e. The molecule has 0 fully saturated rings. The van der Waals surface area contributed by atoms with E-state index in [9.17, 15) is 0 Å². The van der Waals surface area contributed by atoms with E-state index in [0.717, 1.165) is 6.07 Å². The van der Waals surface area contributed by atoms with Crippen LogP contribution in [0.4, 0.5) is 4.39 Å². The first-order valence-electron chi connectivity index (χ1n) is 16.7. The van der Waals surface area contributed by atoms with Crippen LogP contribution in [0.2, 0.25) is 0 Å². The molecule has 3 nitrogen and oxygen atoms in total. The van der Waals surface area contributed by atoms with E-state index in [1.807, 2.05) is 0 Å². The lowest BCUT2D eigenvalue weighted by molar-refractivity contribution is -0.661. The first-order valence-corrected chi connectivity index (χ1v) is 10.7. The number of hydrogen-bond donors (Lipinski definition) is 0. The quantitative estimate of drug-likeness (QED) is 0.249. The summed E-state index contributed by atoms with van der Waals surface area (Å²) >= 11 is 0. The highest BCUT2D eigenvalue weighted by Crippen LogP contribution is 2.37. The molecule has 4 heteroatoms. The highest BCUT2D eigenvalue weighted by Gasteiger charge is 2.22. The molecule has 170 valence electrons. The third-order valence-corrected chi connectivity index (χ3v) is 5.83. The largest absolute Gasteiger partial charge is 0.437 e. The zero-order valence-electron chi connectivity index (χ0n) is 30.6. The van der Waals surface area contributed by atoms with Crippen molar-refractivity contribution in [3.8, 4) is 33.6 Å². The molecule has 0 aliphatic carbocycles. The Kier molecular flexibility index (Phi) is 2.78. The van der Waals surface area contributed by atoms with Crippen LogP contribution in [0.25, 0.3) is 55.7 Å². The second kappa shape index (κ2) is 8.17. The molecule has 0 atom stereocenters. The Morgan fingerprint density at radius 1 is 0.886 bits per heavy atom. The number of halogens is 1. The lowest BCUT2D eigenvalue weighted by atomic mass is 10.00. The van der Waals surface area contributed by atoms with E-state index in [-0.39, 0.29) is 17.0 Å². The molecule has 0 aliphatic rings. The van der Waals surface area contributed by atoms with Gasteiger partial charge in [-0.2, -0.15) is 0 Å². The molecule has 0 bridgehead atoms. The van der Waals surface area contributed by atoms with E-state index >= 15 is 4.39 Å². The summed E-state index contributed by atoms with van der Waals surface area (Å²) in [4.78, 5) is 4.53. The standard InChI is InChI=1S/C31H24FN2O/c1-19-9-14-24-25-15-16-27(23-12-10-22(11-13-23)21-7-5-4-6-8-21)33-31(25)35-30(24)29(19)28-17-26(32)20(2)18-34(28)3/h4-18H,1-3H3/q+1/i2D3,4D,5D,6D,7D,8D,10D,11D,12D,13D. The van der Waals surface area contributed by atoms with Gasteiger partial charge in [-0.1, -0.05) is 66.5 Å². The van der Waals surface area contributed by atoms with Gasteiger partial charge >= 0.3 is 0 Å². The maximum Gasteiger partial charge on any atom is 0.227 e. The molecule has 0 N–H and O–H groups in total. The third-order valence-electron chi connectivity index (χ3n) is 5.83. The molecule has 6 aromatic rings. The van der Waals surface area contributed by atoms with Crippen LogP contribution >= 0.6 is 0 Å². The minimum absolute atomic E-state index is 0.0260. The summed E-state index contributed by atoms with van der Waals surface area (Å²) in [5, 5.41) is 1.15. The zero-order chi connectivity index (χ0) is 34.4. The molecule has 0 radical (unpaired) electrons. The average Bonchev–Trinajstić information content (AvgIpc) is 3.38. The van der Waals surface area contributed by atoms with Crippen LogP contribution in [-0.4, -0.2) is 4.98 Å². The number of furan rings is 1. The van der Waals surface area contributed by atoms with E-state index in [1.165, 1.54) is 16.8 Å². The van der Waals surface area contributed by atoms with Crippen molar-refractivity contribution in [1.29, 1.82) is 0 Å². The van der Waals surface area contributed by atoms with Crippen LogP contribution in [0.1, 0.15) is 27.6 Å². The predicted octanol–water partition coefficient (Wildman–Crippen LogP) is 7.56. The molecule has 0 unspecified atom stereocenters. The summed E-state index contributed by atoms with van der Waals surface area (Å²) in [6.45, 7) is -0.864. The normalized spacial score (nSPS) is 16.7. The molecule has 35 heavy (non-hydrogen) atoms. The minimum atomic E-state index is -2.65. The molecule has 0 saturated heterocycles. The fourth-order valence-electron chi connectivity index (χ4n) is 4.09. The van der Waals surface area contributed by atoms with E-state index in [1.54, 1.807) is 32.2 Å². The van der Waals surface area contributed by atoms with Crippen LogP contribution in [-0.2, 0) is 7.05 Å². The van der Waals surface area contributed by atoms with Gasteiger partial charge < -0.3 is 4.42 Å². The van der Waals surface area contributed by atoms with E-state index in [2.05, 4.69) is 4.98 Å². The van der Waals surface area contributed by atoms with Crippen molar-refractivity contribution >= 4 is 22.1 Å². The summed E-state index contributed by atoms with van der Waals surface area (Å²) in [5.74, 6) is -0.901. The summed E-state index contributed by atoms with van der Waals surface area (Å²) in [6.07, 6.45) is 1.21. The van der Waals surface area contributed by atoms with Gasteiger partial charge in [-0.15, -0.1) is 0 Å². The van der Waals surface area contributed by atoms with Gasteiger partial charge in [0.15, 0.2) is 11.8 Å². The highest BCUT2D eigenvalue weighted by atomic mass is 19.1. The molecule has 0 aliphatic heterocycles. The van der Waals surface area contributed by atoms with Gasteiger partial charge in [-0.25, -0.2) is 13.9 Å². The van der Waals surface area contributed by atoms with Crippen molar-refractivity contribution in [3.63, 3.8) is 0 Å². The maximum absolute atomic E-state index is 15.0. The lowest BCUT2D eigenvalue weighted by Gasteiger charge is -2.06. The van der Waals surface area contributed by atoms with E-state index in [0.29, 0.717) is 33.2 Å². The fraction of sp³-hybridized carbons (Fsp3) is 0.0968. The van der Waals surface area contributed by atoms with Crippen LogP contribution in [0.3, 0.4) is 0 Å². The Bertz CT molecular complexity index is 2270. The number of nitrogens with zero attached hydrogens (tertiary/aromatic N) is 2. The Morgan fingerprint density at radius 3 is 2.37 bits per heavy atom. The van der Waals surface area contributed by atoms with Gasteiger partial charge in [-0.3, -0.25) is 0 Å². The van der Waals surface area contributed by atoms with Gasteiger partial charge in [0, 0.05) is 32.1 Å². The van der Waals surface area contributed by atoms with Crippen LogP contribution < -0.4 is 4.57 Å². The monoisotopic (exact) mass is 471 g/mol.